The molecule has 1 amide bonds. The van der Waals surface area contributed by atoms with Crippen LogP contribution in [0.2, 0.25) is 5.28 Å². The van der Waals surface area contributed by atoms with Crippen LogP contribution in [0, 0.1) is 0 Å². The minimum absolute atomic E-state index is 0.0909. The molecule has 0 saturated carbocycles. The third-order valence-corrected chi connectivity index (χ3v) is 2.23. The summed E-state index contributed by atoms with van der Waals surface area (Å²) >= 11 is 5.51. The Hall–Kier alpha value is -1.24. The van der Waals surface area contributed by atoms with Gasteiger partial charge in [0.1, 0.15) is 0 Å². The lowest BCUT2D eigenvalue weighted by molar-refractivity contribution is 0.0941. The standard InChI is InChI=1S/C8H10ClN5O/c9-8-10-1-5(2-11-8)7(15)14-6-3-12-13-4-6/h1-2,6,12-13H,3-4H2,(H,14,15). The molecule has 15 heavy (non-hydrogen) atoms. The van der Waals surface area contributed by atoms with Crippen molar-refractivity contribution in [2.45, 2.75) is 6.04 Å². The molecule has 3 N–H and O–H groups in total. The number of amides is 1. The van der Waals surface area contributed by atoms with E-state index >= 15 is 0 Å². The second-order valence-corrected chi connectivity index (χ2v) is 3.51. The highest BCUT2D eigenvalue weighted by molar-refractivity contribution is 6.28. The van der Waals surface area contributed by atoms with Gasteiger partial charge in [-0.05, 0) is 11.6 Å². The van der Waals surface area contributed by atoms with E-state index < -0.39 is 0 Å². The molecule has 6 nitrogen and oxygen atoms in total. The molecule has 1 aliphatic rings. The van der Waals surface area contributed by atoms with Gasteiger partial charge in [-0.2, -0.15) is 0 Å². The fourth-order valence-corrected chi connectivity index (χ4v) is 1.36. The number of carbonyl (C=O) groups excluding carboxylic acids is 1. The number of rotatable bonds is 2. The van der Waals surface area contributed by atoms with E-state index in [9.17, 15) is 4.79 Å². The number of carbonyl (C=O) groups is 1. The molecule has 1 fully saturated rings. The Kier molecular flexibility index (Phi) is 3.10. The van der Waals surface area contributed by atoms with Gasteiger partial charge in [0.25, 0.3) is 5.91 Å². The molecule has 0 radical (unpaired) electrons. The maximum absolute atomic E-state index is 11.6. The molecular formula is C8H10ClN5O. The van der Waals surface area contributed by atoms with E-state index in [1.807, 2.05) is 0 Å². The van der Waals surface area contributed by atoms with Crippen molar-refractivity contribution in [3.05, 3.63) is 23.2 Å². The summed E-state index contributed by atoms with van der Waals surface area (Å²) in [6, 6.07) is 0.0909. The molecule has 1 saturated heterocycles. The van der Waals surface area contributed by atoms with Crippen molar-refractivity contribution in [2.75, 3.05) is 13.1 Å². The van der Waals surface area contributed by atoms with E-state index in [2.05, 4.69) is 26.1 Å². The monoisotopic (exact) mass is 227 g/mol. The minimum atomic E-state index is -0.192. The largest absolute Gasteiger partial charge is 0.347 e. The molecule has 0 unspecified atom stereocenters. The summed E-state index contributed by atoms with van der Waals surface area (Å²) in [5.41, 5.74) is 6.25. The van der Waals surface area contributed by atoms with Crippen LogP contribution in [0.5, 0.6) is 0 Å². The van der Waals surface area contributed by atoms with Crippen molar-refractivity contribution in [1.29, 1.82) is 0 Å². The topological polar surface area (TPSA) is 78.9 Å². The van der Waals surface area contributed by atoms with Gasteiger partial charge in [-0.25, -0.2) is 9.97 Å². The zero-order valence-corrected chi connectivity index (χ0v) is 8.58. The normalized spacial score (nSPS) is 16.6. The van der Waals surface area contributed by atoms with E-state index in [1.165, 1.54) is 12.4 Å². The number of hydrazine groups is 1. The first kappa shape index (κ1) is 10.3. The molecule has 1 aromatic rings. The van der Waals surface area contributed by atoms with Gasteiger partial charge < -0.3 is 5.32 Å². The summed E-state index contributed by atoms with van der Waals surface area (Å²) in [5, 5.41) is 2.96. The second kappa shape index (κ2) is 4.52. The van der Waals surface area contributed by atoms with Gasteiger partial charge in [0, 0.05) is 25.5 Å². The van der Waals surface area contributed by atoms with Crippen molar-refractivity contribution in [3.8, 4) is 0 Å². The highest BCUT2D eigenvalue weighted by atomic mass is 35.5. The summed E-state index contributed by atoms with van der Waals surface area (Å²) in [4.78, 5) is 19.1. The molecule has 0 spiro atoms. The van der Waals surface area contributed by atoms with Crippen molar-refractivity contribution < 1.29 is 4.79 Å². The van der Waals surface area contributed by atoms with Crippen LogP contribution in [0.25, 0.3) is 0 Å². The highest BCUT2D eigenvalue weighted by Crippen LogP contribution is 2.01. The van der Waals surface area contributed by atoms with E-state index in [4.69, 9.17) is 11.6 Å². The second-order valence-electron chi connectivity index (χ2n) is 3.17. The first-order chi connectivity index (χ1) is 7.25. The Bertz CT molecular complexity index is 349. The lowest BCUT2D eigenvalue weighted by atomic mass is 10.2. The third kappa shape index (κ3) is 2.62. The summed E-state index contributed by atoms with van der Waals surface area (Å²) in [6.07, 6.45) is 2.81. The number of nitrogens with zero attached hydrogens (tertiary/aromatic N) is 2. The Balaban J connectivity index is 1.98. The summed E-state index contributed by atoms with van der Waals surface area (Å²) in [6.45, 7) is 1.42. The van der Waals surface area contributed by atoms with Crippen LogP contribution in [0.15, 0.2) is 12.4 Å². The smallest absolute Gasteiger partial charge is 0.254 e. The van der Waals surface area contributed by atoms with Crippen LogP contribution in [0.4, 0.5) is 0 Å². The predicted octanol–water partition coefficient (Wildman–Crippen LogP) is -0.664. The number of aromatic nitrogens is 2. The lowest BCUT2D eigenvalue weighted by Gasteiger charge is -2.09. The van der Waals surface area contributed by atoms with Gasteiger partial charge in [0.2, 0.25) is 5.28 Å². The average Bonchev–Trinajstić information content (AvgIpc) is 2.71. The lowest BCUT2D eigenvalue weighted by Crippen LogP contribution is -2.38. The van der Waals surface area contributed by atoms with Gasteiger partial charge in [0.05, 0.1) is 11.6 Å². The molecule has 0 aromatic carbocycles. The van der Waals surface area contributed by atoms with Crippen molar-refractivity contribution in [1.82, 2.24) is 26.1 Å². The fraction of sp³-hybridized carbons (Fsp3) is 0.375. The maximum atomic E-state index is 11.6. The van der Waals surface area contributed by atoms with Gasteiger partial charge in [-0.1, -0.05) is 0 Å². The number of halogens is 1. The summed E-state index contributed by atoms with van der Waals surface area (Å²) in [5.74, 6) is -0.192. The van der Waals surface area contributed by atoms with Gasteiger partial charge in [-0.15, -0.1) is 0 Å². The predicted molar refractivity (Wildman–Crippen MR) is 54.3 cm³/mol. The number of hydrogen-bond donors (Lipinski definition) is 3. The molecule has 1 aromatic heterocycles. The average molecular weight is 228 g/mol. The molecule has 80 valence electrons. The van der Waals surface area contributed by atoms with Crippen molar-refractivity contribution in [2.24, 2.45) is 0 Å². The van der Waals surface area contributed by atoms with Crippen LogP contribution in [0.1, 0.15) is 10.4 Å². The Morgan fingerprint density at radius 1 is 1.40 bits per heavy atom. The van der Waals surface area contributed by atoms with Crippen LogP contribution < -0.4 is 16.2 Å². The maximum Gasteiger partial charge on any atom is 0.254 e. The fourth-order valence-electron chi connectivity index (χ4n) is 1.26. The van der Waals surface area contributed by atoms with Crippen molar-refractivity contribution in [3.63, 3.8) is 0 Å². The van der Waals surface area contributed by atoms with Crippen LogP contribution in [-0.4, -0.2) is 35.0 Å². The first-order valence-corrected chi connectivity index (χ1v) is 4.87. The minimum Gasteiger partial charge on any atom is -0.347 e. The molecule has 2 heterocycles. The van der Waals surface area contributed by atoms with Crippen LogP contribution >= 0.6 is 11.6 Å². The van der Waals surface area contributed by atoms with E-state index in [1.54, 1.807) is 0 Å². The van der Waals surface area contributed by atoms with E-state index in [-0.39, 0.29) is 17.2 Å². The zero-order chi connectivity index (χ0) is 10.7. The van der Waals surface area contributed by atoms with Crippen LogP contribution in [-0.2, 0) is 0 Å². The molecule has 0 aliphatic carbocycles. The Morgan fingerprint density at radius 3 is 2.60 bits per heavy atom. The highest BCUT2D eigenvalue weighted by Gasteiger charge is 2.17. The van der Waals surface area contributed by atoms with Gasteiger partial charge >= 0.3 is 0 Å². The zero-order valence-electron chi connectivity index (χ0n) is 7.83. The SMILES string of the molecule is O=C(NC1CNNC1)c1cnc(Cl)nc1. The number of nitrogens with one attached hydrogen (secondary N) is 3. The number of hydrogen-bond acceptors (Lipinski definition) is 5. The third-order valence-electron chi connectivity index (χ3n) is 2.04. The van der Waals surface area contributed by atoms with Gasteiger partial charge in [-0.3, -0.25) is 15.6 Å². The molecule has 7 heteroatoms. The summed E-state index contributed by atoms with van der Waals surface area (Å²) < 4.78 is 0. The Morgan fingerprint density at radius 2 is 2.00 bits per heavy atom. The van der Waals surface area contributed by atoms with Gasteiger partial charge in [0.15, 0.2) is 0 Å². The molecular weight excluding hydrogens is 218 g/mol. The first-order valence-electron chi connectivity index (χ1n) is 4.50. The quantitative estimate of drug-likeness (QED) is 0.585. The molecule has 1 aliphatic heterocycles. The molecule has 2 rings (SSSR count). The van der Waals surface area contributed by atoms with E-state index in [0.717, 1.165) is 0 Å². The van der Waals surface area contributed by atoms with Crippen LogP contribution in [0.3, 0.4) is 0 Å². The molecule has 0 bridgehead atoms. The molecule has 0 atom stereocenters. The Labute approximate surface area is 91.4 Å². The summed E-state index contributed by atoms with van der Waals surface area (Å²) in [7, 11) is 0. The van der Waals surface area contributed by atoms with E-state index in [0.29, 0.717) is 18.7 Å². The van der Waals surface area contributed by atoms with Crippen molar-refractivity contribution >= 4 is 17.5 Å².